The van der Waals surface area contributed by atoms with E-state index in [1.54, 1.807) is 18.3 Å². The van der Waals surface area contributed by atoms with Gasteiger partial charge in [-0.05, 0) is 30.0 Å². The Bertz CT molecular complexity index is 1190. The quantitative estimate of drug-likeness (QED) is 0.581. The highest BCUT2D eigenvalue weighted by molar-refractivity contribution is 5.91. The first-order chi connectivity index (χ1) is 15.2. The van der Waals surface area contributed by atoms with Gasteiger partial charge < -0.3 is 5.32 Å². The molecule has 1 saturated carbocycles. The topological polar surface area (TPSA) is 83.6 Å². The zero-order valence-electron chi connectivity index (χ0n) is 16.7. The molecule has 1 amide bonds. The number of alkyl halides is 3. The summed E-state index contributed by atoms with van der Waals surface area (Å²) in [6.07, 6.45) is -1.56. The number of carbonyl (C=O) groups excluding carboxylic acids is 1. The number of rotatable bonds is 6. The van der Waals surface area contributed by atoms with Gasteiger partial charge in [-0.1, -0.05) is 24.3 Å². The third kappa shape index (κ3) is 4.32. The predicted molar refractivity (Wildman–Crippen MR) is 106 cm³/mol. The Kier molecular flexibility index (Phi) is 5.42. The van der Waals surface area contributed by atoms with Crippen LogP contribution in [0.15, 0.2) is 48.8 Å². The summed E-state index contributed by atoms with van der Waals surface area (Å²) in [4.78, 5) is 16.2. The number of hydrogen-bond donors (Lipinski definition) is 1. The van der Waals surface area contributed by atoms with Gasteiger partial charge in [0.15, 0.2) is 11.6 Å². The monoisotopic (exact) mass is 443 g/mol. The number of amides is 1. The van der Waals surface area contributed by atoms with Crippen molar-refractivity contribution in [3.8, 4) is 6.07 Å². The Balaban J connectivity index is 1.35. The Hall–Kier alpha value is -3.74. The molecule has 0 unspecified atom stereocenters. The summed E-state index contributed by atoms with van der Waals surface area (Å²) in [6, 6.07) is 10.6. The zero-order chi connectivity index (χ0) is 22.9. The minimum Gasteiger partial charge on any atom is -0.309 e. The molecule has 1 aromatic carbocycles. The number of nitrogens with zero attached hydrogens (tertiary/aromatic N) is 4. The van der Waals surface area contributed by atoms with Crippen LogP contribution < -0.4 is 5.32 Å². The number of nitrogens with one attached hydrogen (secondary N) is 1. The van der Waals surface area contributed by atoms with E-state index in [2.05, 4.69) is 15.4 Å². The fourth-order valence-electron chi connectivity index (χ4n) is 3.51. The molecule has 32 heavy (non-hydrogen) atoms. The van der Waals surface area contributed by atoms with Crippen molar-refractivity contribution in [1.82, 2.24) is 14.8 Å². The van der Waals surface area contributed by atoms with E-state index < -0.39 is 17.4 Å². The van der Waals surface area contributed by atoms with Gasteiger partial charge in [0.05, 0.1) is 35.8 Å². The lowest BCUT2D eigenvalue weighted by molar-refractivity contribution is -0.160. The molecule has 1 fully saturated rings. The first-order valence-corrected chi connectivity index (χ1v) is 9.74. The molecule has 1 N–H and O–H groups in total. The molecule has 0 atom stereocenters. The SMILES string of the molecule is N#Cc1cc(Cn2ccc(NC(=O)Cc3ccc(C4(C(F)(F)F)CC4)cc3)n2)ncc1F. The third-order valence-electron chi connectivity index (χ3n) is 5.43. The predicted octanol–water partition coefficient (Wildman–Crippen LogP) is 4.11. The molecule has 2 heterocycles. The third-order valence-corrected chi connectivity index (χ3v) is 5.43. The van der Waals surface area contributed by atoms with Gasteiger partial charge in [0.1, 0.15) is 6.07 Å². The fourth-order valence-corrected chi connectivity index (χ4v) is 3.51. The van der Waals surface area contributed by atoms with E-state index in [0.29, 0.717) is 11.3 Å². The van der Waals surface area contributed by atoms with Crippen molar-refractivity contribution in [2.45, 2.75) is 37.4 Å². The molecule has 2 aromatic heterocycles. The van der Waals surface area contributed by atoms with Crippen LogP contribution in [0.3, 0.4) is 0 Å². The summed E-state index contributed by atoms with van der Waals surface area (Å²) in [5.41, 5.74) is -0.625. The smallest absolute Gasteiger partial charge is 0.309 e. The van der Waals surface area contributed by atoms with Crippen molar-refractivity contribution >= 4 is 11.7 Å². The van der Waals surface area contributed by atoms with E-state index in [4.69, 9.17) is 5.26 Å². The number of pyridine rings is 1. The fraction of sp³-hybridized carbons (Fsp3) is 0.273. The highest BCUT2D eigenvalue weighted by Gasteiger charge is 2.64. The second-order valence-corrected chi connectivity index (χ2v) is 7.67. The zero-order valence-corrected chi connectivity index (χ0v) is 16.7. The highest BCUT2D eigenvalue weighted by atomic mass is 19.4. The first-order valence-electron chi connectivity index (χ1n) is 9.74. The summed E-state index contributed by atoms with van der Waals surface area (Å²) in [5, 5.41) is 15.7. The summed E-state index contributed by atoms with van der Waals surface area (Å²) < 4.78 is 54.5. The van der Waals surface area contributed by atoms with E-state index in [9.17, 15) is 22.4 Å². The number of carbonyl (C=O) groups is 1. The van der Waals surface area contributed by atoms with Gasteiger partial charge in [0, 0.05) is 12.3 Å². The maximum absolute atomic E-state index is 13.4. The number of nitriles is 1. The molecule has 6 nitrogen and oxygen atoms in total. The lowest BCUT2D eigenvalue weighted by Crippen LogP contribution is -2.28. The maximum atomic E-state index is 13.4. The number of aromatic nitrogens is 3. The average molecular weight is 443 g/mol. The van der Waals surface area contributed by atoms with Gasteiger partial charge in [0.25, 0.3) is 0 Å². The molecule has 0 spiro atoms. The summed E-state index contributed by atoms with van der Waals surface area (Å²) in [7, 11) is 0. The van der Waals surface area contributed by atoms with Crippen molar-refractivity contribution in [2.75, 3.05) is 5.32 Å². The van der Waals surface area contributed by atoms with Crippen molar-refractivity contribution < 1.29 is 22.4 Å². The summed E-state index contributed by atoms with van der Waals surface area (Å²) >= 11 is 0. The Morgan fingerprint density at radius 3 is 2.56 bits per heavy atom. The van der Waals surface area contributed by atoms with Crippen molar-refractivity contribution in [3.63, 3.8) is 0 Å². The lowest BCUT2D eigenvalue weighted by Gasteiger charge is -2.19. The van der Waals surface area contributed by atoms with E-state index in [-0.39, 0.29) is 48.7 Å². The minimum absolute atomic E-state index is 0.0167. The molecule has 10 heteroatoms. The number of hydrogen-bond acceptors (Lipinski definition) is 4. The maximum Gasteiger partial charge on any atom is 0.398 e. The molecule has 1 aliphatic carbocycles. The van der Waals surface area contributed by atoms with E-state index in [0.717, 1.165) is 6.20 Å². The second-order valence-electron chi connectivity index (χ2n) is 7.67. The molecule has 0 radical (unpaired) electrons. The van der Waals surface area contributed by atoms with Crippen LogP contribution in [-0.2, 0) is 23.2 Å². The molecular weight excluding hydrogens is 426 g/mol. The molecule has 164 valence electrons. The normalized spacial score (nSPS) is 14.6. The Morgan fingerprint density at radius 2 is 1.94 bits per heavy atom. The van der Waals surface area contributed by atoms with Crippen LogP contribution >= 0.6 is 0 Å². The molecule has 0 bridgehead atoms. The van der Waals surface area contributed by atoms with Gasteiger partial charge in [-0.3, -0.25) is 14.5 Å². The second kappa shape index (κ2) is 8.07. The molecule has 4 rings (SSSR count). The number of anilines is 1. The van der Waals surface area contributed by atoms with Crippen LogP contribution in [0.5, 0.6) is 0 Å². The standard InChI is InChI=1S/C22H17F4N5O/c23-18-12-28-17(10-15(18)11-27)13-31-8-5-19(30-31)29-20(32)9-14-1-3-16(4-2-14)21(6-7-21)22(24,25)26/h1-5,8,10,12H,6-7,9,13H2,(H,29,30,32). The van der Waals surface area contributed by atoms with E-state index in [1.807, 2.05) is 0 Å². The largest absolute Gasteiger partial charge is 0.398 e. The van der Waals surface area contributed by atoms with Crippen LogP contribution in [0.4, 0.5) is 23.4 Å². The van der Waals surface area contributed by atoms with Crippen LogP contribution in [0.2, 0.25) is 0 Å². The van der Waals surface area contributed by atoms with Crippen molar-refractivity contribution in [1.29, 1.82) is 5.26 Å². The summed E-state index contributed by atoms with van der Waals surface area (Å²) in [6.45, 7) is 0.174. The highest BCUT2D eigenvalue weighted by Crippen LogP contribution is 2.58. The molecular formula is C22H17F4N5O. The van der Waals surface area contributed by atoms with Gasteiger partial charge >= 0.3 is 6.18 Å². The minimum atomic E-state index is -4.27. The molecule has 3 aromatic rings. The summed E-state index contributed by atoms with van der Waals surface area (Å²) in [5.74, 6) is -0.793. The Labute approximate surface area is 180 Å². The van der Waals surface area contributed by atoms with Gasteiger partial charge in [-0.15, -0.1) is 0 Å². The van der Waals surface area contributed by atoms with Gasteiger partial charge in [-0.2, -0.15) is 23.5 Å². The van der Waals surface area contributed by atoms with Crippen LogP contribution in [0, 0.1) is 17.1 Å². The van der Waals surface area contributed by atoms with E-state index >= 15 is 0 Å². The average Bonchev–Trinajstić information content (AvgIpc) is 3.46. The van der Waals surface area contributed by atoms with Crippen molar-refractivity contribution in [3.05, 3.63) is 77.0 Å². The molecule has 0 saturated heterocycles. The van der Waals surface area contributed by atoms with Crippen molar-refractivity contribution in [2.24, 2.45) is 0 Å². The van der Waals surface area contributed by atoms with Gasteiger partial charge in [-0.25, -0.2) is 4.39 Å². The van der Waals surface area contributed by atoms with Gasteiger partial charge in [0.2, 0.25) is 5.91 Å². The molecule has 0 aliphatic heterocycles. The van der Waals surface area contributed by atoms with Crippen LogP contribution in [0.25, 0.3) is 0 Å². The van der Waals surface area contributed by atoms with Crippen LogP contribution in [-0.4, -0.2) is 26.8 Å². The van der Waals surface area contributed by atoms with E-state index in [1.165, 1.54) is 35.0 Å². The molecule has 1 aliphatic rings. The number of halogens is 4. The lowest BCUT2D eigenvalue weighted by atomic mass is 9.94. The number of benzene rings is 1. The van der Waals surface area contributed by atoms with Crippen LogP contribution in [0.1, 0.15) is 35.2 Å². The Morgan fingerprint density at radius 1 is 1.22 bits per heavy atom. The first kappa shape index (κ1) is 21.5.